The van der Waals surface area contributed by atoms with Gasteiger partial charge in [0.15, 0.2) is 0 Å². The van der Waals surface area contributed by atoms with Crippen molar-refractivity contribution in [2.45, 2.75) is 44.8 Å². The van der Waals surface area contributed by atoms with Gasteiger partial charge in [0.05, 0.1) is 25.3 Å². The third-order valence-electron chi connectivity index (χ3n) is 3.60. The zero-order valence-electron chi connectivity index (χ0n) is 12.5. The summed E-state index contributed by atoms with van der Waals surface area (Å²) in [7, 11) is 3.17. The van der Waals surface area contributed by atoms with E-state index >= 15 is 0 Å². The highest BCUT2D eigenvalue weighted by atomic mass is 35.5. The monoisotopic (exact) mass is 301 g/mol. The summed E-state index contributed by atoms with van der Waals surface area (Å²) in [4.78, 5) is 0. The van der Waals surface area contributed by atoms with Gasteiger partial charge in [-0.1, -0.05) is 25.4 Å². The van der Waals surface area contributed by atoms with Gasteiger partial charge in [0.25, 0.3) is 0 Å². The third kappa shape index (κ3) is 4.01. The molecule has 1 aromatic rings. The molecule has 0 aliphatic heterocycles. The van der Waals surface area contributed by atoms with Crippen LogP contribution in [0.1, 0.15) is 38.2 Å². The van der Waals surface area contributed by atoms with Crippen molar-refractivity contribution in [1.82, 2.24) is 0 Å². The Balaban J connectivity index is 2.97. The molecule has 0 amide bonds. The van der Waals surface area contributed by atoms with Gasteiger partial charge in [-0.25, -0.2) is 0 Å². The fourth-order valence-corrected chi connectivity index (χ4v) is 2.45. The minimum absolute atomic E-state index is 0.0842. The Hall–Kier alpha value is -0.970. The maximum Gasteiger partial charge on any atom is 0.141 e. The molecule has 3 atom stereocenters. The molecular formula is C15H24ClNO3. The number of aliphatic hydroxyl groups excluding tert-OH is 1. The summed E-state index contributed by atoms with van der Waals surface area (Å²) in [6, 6.07) is 3.38. The molecule has 0 aliphatic rings. The Bertz CT molecular complexity index is 439. The number of nitrogens with two attached hydrogens (primary N) is 1. The molecule has 0 radical (unpaired) electrons. The molecule has 0 bridgehead atoms. The molecular weight excluding hydrogens is 278 g/mol. The molecule has 5 heteroatoms. The highest BCUT2D eigenvalue weighted by Gasteiger charge is 2.21. The Morgan fingerprint density at radius 1 is 1.25 bits per heavy atom. The van der Waals surface area contributed by atoms with Crippen LogP contribution in [0.5, 0.6) is 11.5 Å². The molecule has 0 saturated heterocycles. The Labute approximate surface area is 125 Å². The maximum atomic E-state index is 10.1. The fourth-order valence-electron chi connectivity index (χ4n) is 2.20. The maximum absolute atomic E-state index is 10.1. The second kappa shape index (κ2) is 7.72. The standard InChI is InChI=1S/C15H24ClNO3/c1-5-12(17)13(18)6-9(2)10-7-11(16)15(20-4)8-14(10)19-3/h7-9,12-13,18H,5-6,17H2,1-4H3. The van der Waals surface area contributed by atoms with Crippen molar-refractivity contribution < 1.29 is 14.6 Å². The fraction of sp³-hybridized carbons (Fsp3) is 0.600. The van der Waals surface area contributed by atoms with Crippen LogP contribution in [0.25, 0.3) is 0 Å². The molecule has 3 unspecified atom stereocenters. The van der Waals surface area contributed by atoms with E-state index in [4.69, 9.17) is 26.8 Å². The number of aliphatic hydroxyl groups is 1. The van der Waals surface area contributed by atoms with Crippen molar-refractivity contribution in [3.05, 3.63) is 22.7 Å². The average Bonchev–Trinajstić information content (AvgIpc) is 2.45. The van der Waals surface area contributed by atoms with Gasteiger partial charge in [-0.05, 0) is 30.4 Å². The van der Waals surface area contributed by atoms with Crippen molar-refractivity contribution in [1.29, 1.82) is 0 Å². The van der Waals surface area contributed by atoms with Crippen molar-refractivity contribution in [3.63, 3.8) is 0 Å². The van der Waals surface area contributed by atoms with Gasteiger partial charge >= 0.3 is 0 Å². The Morgan fingerprint density at radius 2 is 1.85 bits per heavy atom. The van der Waals surface area contributed by atoms with Crippen LogP contribution in [-0.2, 0) is 0 Å². The van der Waals surface area contributed by atoms with Crippen molar-refractivity contribution in [2.24, 2.45) is 5.73 Å². The van der Waals surface area contributed by atoms with Crippen LogP contribution in [0.3, 0.4) is 0 Å². The molecule has 0 heterocycles. The van der Waals surface area contributed by atoms with E-state index in [1.54, 1.807) is 20.3 Å². The summed E-state index contributed by atoms with van der Waals surface area (Å²) < 4.78 is 10.6. The van der Waals surface area contributed by atoms with E-state index in [0.29, 0.717) is 22.9 Å². The van der Waals surface area contributed by atoms with E-state index in [1.807, 2.05) is 19.9 Å². The predicted molar refractivity (Wildman–Crippen MR) is 81.9 cm³/mol. The van der Waals surface area contributed by atoms with Crippen LogP contribution in [-0.4, -0.2) is 31.5 Å². The minimum Gasteiger partial charge on any atom is -0.496 e. The lowest BCUT2D eigenvalue weighted by molar-refractivity contribution is 0.126. The zero-order chi connectivity index (χ0) is 15.3. The number of benzene rings is 1. The highest BCUT2D eigenvalue weighted by molar-refractivity contribution is 6.32. The number of rotatable bonds is 7. The summed E-state index contributed by atoms with van der Waals surface area (Å²) in [5.41, 5.74) is 6.81. The summed E-state index contributed by atoms with van der Waals surface area (Å²) in [6.45, 7) is 3.98. The van der Waals surface area contributed by atoms with Crippen LogP contribution >= 0.6 is 11.6 Å². The van der Waals surface area contributed by atoms with Gasteiger partial charge in [-0.3, -0.25) is 0 Å². The lowest BCUT2D eigenvalue weighted by atomic mass is 9.91. The molecule has 0 aliphatic carbocycles. The molecule has 1 aromatic carbocycles. The molecule has 0 saturated carbocycles. The van der Waals surface area contributed by atoms with E-state index in [1.165, 1.54) is 0 Å². The first-order chi connectivity index (χ1) is 9.44. The first-order valence-electron chi connectivity index (χ1n) is 6.79. The lowest BCUT2D eigenvalue weighted by Crippen LogP contribution is -2.34. The van der Waals surface area contributed by atoms with Crippen LogP contribution in [0.2, 0.25) is 5.02 Å². The molecule has 3 N–H and O–H groups in total. The number of ether oxygens (including phenoxy) is 2. The van der Waals surface area contributed by atoms with Gasteiger partial charge in [0.2, 0.25) is 0 Å². The van der Waals surface area contributed by atoms with Crippen molar-refractivity contribution in [3.8, 4) is 11.5 Å². The summed E-state index contributed by atoms with van der Waals surface area (Å²) in [6.07, 6.45) is 0.767. The molecule has 0 fully saturated rings. The van der Waals surface area contributed by atoms with Crippen LogP contribution in [0, 0.1) is 0 Å². The van der Waals surface area contributed by atoms with Gasteiger partial charge in [-0.15, -0.1) is 0 Å². The molecule has 0 aromatic heterocycles. The van der Waals surface area contributed by atoms with E-state index in [-0.39, 0.29) is 12.0 Å². The van der Waals surface area contributed by atoms with Crippen molar-refractivity contribution in [2.75, 3.05) is 14.2 Å². The van der Waals surface area contributed by atoms with E-state index in [2.05, 4.69) is 0 Å². The number of halogens is 1. The number of methoxy groups -OCH3 is 2. The molecule has 20 heavy (non-hydrogen) atoms. The smallest absolute Gasteiger partial charge is 0.141 e. The number of hydrogen-bond acceptors (Lipinski definition) is 4. The summed E-state index contributed by atoms with van der Waals surface area (Å²) >= 11 is 6.16. The van der Waals surface area contributed by atoms with E-state index in [0.717, 1.165) is 12.0 Å². The molecule has 1 rings (SSSR count). The van der Waals surface area contributed by atoms with Crippen LogP contribution in [0.4, 0.5) is 0 Å². The van der Waals surface area contributed by atoms with Gasteiger partial charge in [0, 0.05) is 12.1 Å². The Morgan fingerprint density at radius 3 is 2.35 bits per heavy atom. The molecule has 0 spiro atoms. The first-order valence-corrected chi connectivity index (χ1v) is 7.17. The average molecular weight is 302 g/mol. The minimum atomic E-state index is -0.541. The second-order valence-electron chi connectivity index (χ2n) is 5.00. The van der Waals surface area contributed by atoms with Crippen molar-refractivity contribution >= 4 is 11.6 Å². The van der Waals surface area contributed by atoms with E-state index < -0.39 is 6.10 Å². The summed E-state index contributed by atoms with van der Waals surface area (Å²) in [5, 5.41) is 10.6. The van der Waals surface area contributed by atoms with E-state index in [9.17, 15) is 5.11 Å². The molecule has 4 nitrogen and oxygen atoms in total. The largest absolute Gasteiger partial charge is 0.496 e. The third-order valence-corrected chi connectivity index (χ3v) is 3.89. The predicted octanol–water partition coefficient (Wildman–Crippen LogP) is 2.95. The normalized spacial score (nSPS) is 15.6. The zero-order valence-corrected chi connectivity index (χ0v) is 13.3. The van der Waals surface area contributed by atoms with Crippen LogP contribution < -0.4 is 15.2 Å². The topological polar surface area (TPSA) is 64.7 Å². The van der Waals surface area contributed by atoms with Gasteiger partial charge in [0.1, 0.15) is 11.5 Å². The lowest BCUT2D eigenvalue weighted by Gasteiger charge is -2.23. The van der Waals surface area contributed by atoms with Crippen LogP contribution in [0.15, 0.2) is 12.1 Å². The SMILES string of the molecule is CCC(N)C(O)CC(C)c1cc(Cl)c(OC)cc1OC. The summed E-state index contributed by atoms with van der Waals surface area (Å²) in [5.74, 6) is 1.36. The second-order valence-corrected chi connectivity index (χ2v) is 5.41. The Kier molecular flexibility index (Phi) is 6.59. The quantitative estimate of drug-likeness (QED) is 0.812. The number of hydrogen-bond donors (Lipinski definition) is 2. The van der Waals surface area contributed by atoms with Gasteiger partial charge < -0.3 is 20.3 Å². The highest BCUT2D eigenvalue weighted by Crippen LogP contribution is 2.37. The molecule has 114 valence electrons. The first kappa shape index (κ1) is 17.1. The van der Waals surface area contributed by atoms with Gasteiger partial charge in [-0.2, -0.15) is 0 Å².